The molecule has 1 N–H and O–H groups in total. The second-order valence-corrected chi connectivity index (χ2v) is 4.61. The molecule has 0 aliphatic heterocycles. The number of aryl methyl sites for hydroxylation is 1. The Hall–Kier alpha value is -2.07. The van der Waals surface area contributed by atoms with Gasteiger partial charge in [-0.15, -0.1) is 0 Å². The first kappa shape index (κ1) is 13.4. The molecule has 0 amide bonds. The summed E-state index contributed by atoms with van der Waals surface area (Å²) in [7, 11) is 0. The van der Waals surface area contributed by atoms with Gasteiger partial charge in [-0.1, -0.05) is 35.9 Å². The van der Waals surface area contributed by atoms with Crippen molar-refractivity contribution in [3.63, 3.8) is 0 Å². The second-order valence-electron chi connectivity index (χ2n) is 4.20. The highest BCUT2D eigenvalue weighted by Crippen LogP contribution is 2.23. The molecule has 0 fully saturated rings. The van der Waals surface area contributed by atoms with Crippen LogP contribution in [-0.2, 0) is 6.54 Å². The minimum absolute atomic E-state index is 0.0762. The highest BCUT2D eigenvalue weighted by atomic mass is 35.5. The van der Waals surface area contributed by atoms with Crippen LogP contribution in [0.1, 0.15) is 11.1 Å². The molecule has 0 atom stereocenters. The zero-order chi connectivity index (χ0) is 13.8. The van der Waals surface area contributed by atoms with E-state index in [-0.39, 0.29) is 5.69 Å². The van der Waals surface area contributed by atoms with Gasteiger partial charge < -0.3 is 5.32 Å². The summed E-state index contributed by atoms with van der Waals surface area (Å²) in [5.74, 6) is 0. The van der Waals surface area contributed by atoms with Crippen LogP contribution >= 0.6 is 11.6 Å². The van der Waals surface area contributed by atoms with Crippen molar-refractivity contribution < 1.29 is 4.92 Å². The number of nitro benzene ring substituents is 1. The van der Waals surface area contributed by atoms with Crippen LogP contribution in [0.4, 0.5) is 11.4 Å². The Morgan fingerprint density at radius 2 is 2.00 bits per heavy atom. The van der Waals surface area contributed by atoms with Crippen molar-refractivity contribution in [3.8, 4) is 0 Å². The van der Waals surface area contributed by atoms with Crippen molar-refractivity contribution in [2.24, 2.45) is 0 Å². The van der Waals surface area contributed by atoms with Crippen LogP contribution in [0.3, 0.4) is 0 Å². The van der Waals surface area contributed by atoms with Gasteiger partial charge in [-0.3, -0.25) is 10.1 Å². The fourth-order valence-electron chi connectivity index (χ4n) is 1.75. The van der Waals surface area contributed by atoms with E-state index in [9.17, 15) is 10.1 Å². The third-order valence-corrected chi connectivity index (χ3v) is 3.23. The molecule has 0 unspecified atom stereocenters. The standard InChI is InChI=1S/C14H13ClN2O2/c1-10-6-7-12(17(18)19)8-14(10)16-9-11-4-2-3-5-13(11)15/h2-8,16H,9H2,1H3. The summed E-state index contributed by atoms with van der Waals surface area (Å²) < 4.78 is 0. The average molecular weight is 277 g/mol. The van der Waals surface area contributed by atoms with Crippen LogP contribution in [-0.4, -0.2) is 4.92 Å². The summed E-state index contributed by atoms with van der Waals surface area (Å²) in [6.45, 7) is 2.43. The van der Waals surface area contributed by atoms with Crippen LogP contribution in [0.2, 0.25) is 5.02 Å². The zero-order valence-electron chi connectivity index (χ0n) is 10.4. The molecule has 0 bridgehead atoms. The summed E-state index contributed by atoms with van der Waals surface area (Å²) in [5, 5.41) is 14.6. The first-order valence-corrected chi connectivity index (χ1v) is 6.18. The Balaban J connectivity index is 2.17. The minimum atomic E-state index is -0.403. The van der Waals surface area contributed by atoms with Gasteiger partial charge in [-0.2, -0.15) is 0 Å². The highest BCUT2D eigenvalue weighted by Gasteiger charge is 2.08. The van der Waals surface area contributed by atoms with E-state index in [2.05, 4.69) is 5.32 Å². The lowest BCUT2D eigenvalue weighted by Crippen LogP contribution is -2.02. The van der Waals surface area contributed by atoms with E-state index < -0.39 is 4.92 Å². The van der Waals surface area contributed by atoms with E-state index in [1.165, 1.54) is 12.1 Å². The molecular weight excluding hydrogens is 264 g/mol. The van der Waals surface area contributed by atoms with Crippen LogP contribution in [0, 0.1) is 17.0 Å². The molecule has 0 aromatic heterocycles. The van der Waals surface area contributed by atoms with Gasteiger partial charge in [0.25, 0.3) is 5.69 Å². The topological polar surface area (TPSA) is 55.2 Å². The molecule has 4 nitrogen and oxygen atoms in total. The van der Waals surface area contributed by atoms with Crippen LogP contribution < -0.4 is 5.32 Å². The lowest BCUT2D eigenvalue weighted by atomic mass is 10.1. The summed E-state index contributed by atoms with van der Waals surface area (Å²) in [5.41, 5.74) is 2.73. The number of benzene rings is 2. The minimum Gasteiger partial charge on any atom is -0.380 e. The molecule has 0 aliphatic rings. The molecule has 0 saturated heterocycles. The monoisotopic (exact) mass is 276 g/mol. The zero-order valence-corrected chi connectivity index (χ0v) is 11.1. The number of hydrogen-bond acceptors (Lipinski definition) is 3. The van der Waals surface area contributed by atoms with Gasteiger partial charge in [0, 0.05) is 29.4 Å². The molecular formula is C14H13ClN2O2. The largest absolute Gasteiger partial charge is 0.380 e. The summed E-state index contributed by atoms with van der Waals surface area (Å²) in [6.07, 6.45) is 0. The van der Waals surface area contributed by atoms with Crippen LogP contribution in [0.5, 0.6) is 0 Å². The van der Waals surface area contributed by atoms with Crippen LogP contribution in [0.25, 0.3) is 0 Å². The van der Waals surface area contributed by atoms with Crippen molar-refractivity contribution in [2.75, 3.05) is 5.32 Å². The third-order valence-electron chi connectivity index (χ3n) is 2.86. The molecule has 0 radical (unpaired) electrons. The van der Waals surface area contributed by atoms with Gasteiger partial charge in [-0.25, -0.2) is 0 Å². The van der Waals surface area contributed by atoms with E-state index in [1.54, 1.807) is 6.07 Å². The SMILES string of the molecule is Cc1ccc([N+](=O)[O-])cc1NCc1ccccc1Cl. The van der Waals surface area contributed by atoms with Crippen molar-refractivity contribution in [3.05, 3.63) is 68.7 Å². The van der Waals surface area contributed by atoms with E-state index in [0.717, 1.165) is 16.8 Å². The van der Waals surface area contributed by atoms with Gasteiger partial charge >= 0.3 is 0 Å². The number of halogens is 1. The summed E-state index contributed by atoms with van der Waals surface area (Å²) >= 11 is 6.06. The molecule has 2 rings (SSSR count). The van der Waals surface area contributed by atoms with Gasteiger partial charge in [-0.05, 0) is 24.1 Å². The smallest absolute Gasteiger partial charge is 0.271 e. The average Bonchev–Trinajstić information content (AvgIpc) is 2.39. The molecule has 5 heteroatoms. The molecule has 98 valence electrons. The summed E-state index contributed by atoms with van der Waals surface area (Å²) in [4.78, 5) is 10.3. The Labute approximate surface area is 116 Å². The lowest BCUT2D eigenvalue weighted by molar-refractivity contribution is -0.384. The van der Waals surface area contributed by atoms with E-state index >= 15 is 0 Å². The van der Waals surface area contributed by atoms with Crippen molar-refractivity contribution in [1.29, 1.82) is 0 Å². The van der Waals surface area contributed by atoms with Crippen LogP contribution in [0.15, 0.2) is 42.5 Å². The number of anilines is 1. The fraction of sp³-hybridized carbons (Fsp3) is 0.143. The van der Waals surface area contributed by atoms with Gasteiger partial charge in [0.05, 0.1) is 4.92 Å². The van der Waals surface area contributed by atoms with Gasteiger partial charge in [0.15, 0.2) is 0 Å². The predicted molar refractivity (Wildman–Crippen MR) is 76.6 cm³/mol. The number of nitrogens with zero attached hydrogens (tertiary/aromatic N) is 1. The number of rotatable bonds is 4. The van der Waals surface area contributed by atoms with Crippen molar-refractivity contribution in [2.45, 2.75) is 13.5 Å². The maximum Gasteiger partial charge on any atom is 0.271 e. The number of non-ortho nitro benzene ring substituents is 1. The first-order valence-electron chi connectivity index (χ1n) is 5.80. The Bertz CT molecular complexity index is 614. The maximum atomic E-state index is 10.7. The van der Waals surface area contributed by atoms with E-state index in [0.29, 0.717) is 11.6 Å². The van der Waals surface area contributed by atoms with E-state index in [1.807, 2.05) is 31.2 Å². The highest BCUT2D eigenvalue weighted by molar-refractivity contribution is 6.31. The van der Waals surface area contributed by atoms with Gasteiger partial charge in [0.2, 0.25) is 0 Å². The molecule has 0 aliphatic carbocycles. The lowest BCUT2D eigenvalue weighted by Gasteiger charge is -2.10. The molecule has 2 aromatic carbocycles. The molecule has 19 heavy (non-hydrogen) atoms. The Morgan fingerprint density at radius 1 is 1.26 bits per heavy atom. The quantitative estimate of drug-likeness (QED) is 0.673. The molecule has 2 aromatic rings. The number of nitro groups is 1. The van der Waals surface area contributed by atoms with Crippen molar-refractivity contribution >= 4 is 23.0 Å². The van der Waals surface area contributed by atoms with E-state index in [4.69, 9.17) is 11.6 Å². The fourth-order valence-corrected chi connectivity index (χ4v) is 1.95. The van der Waals surface area contributed by atoms with Gasteiger partial charge in [0.1, 0.15) is 0 Å². The Morgan fingerprint density at radius 3 is 2.68 bits per heavy atom. The first-order chi connectivity index (χ1) is 9.08. The molecule has 0 heterocycles. The number of nitrogens with one attached hydrogen (secondary N) is 1. The predicted octanol–water partition coefficient (Wildman–Crippen LogP) is 4.17. The molecule has 0 spiro atoms. The maximum absolute atomic E-state index is 10.7. The summed E-state index contributed by atoms with van der Waals surface area (Å²) in [6, 6.07) is 12.3. The number of hydrogen-bond donors (Lipinski definition) is 1. The second kappa shape index (κ2) is 5.71. The molecule has 0 saturated carbocycles. The third kappa shape index (κ3) is 3.23. The van der Waals surface area contributed by atoms with Crippen molar-refractivity contribution in [1.82, 2.24) is 0 Å². The Kier molecular flexibility index (Phi) is 4.02. The normalized spacial score (nSPS) is 10.2.